The first-order valence-electron chi connectivity index (χ1n) is 5.61. The summed E-state index contributed by atoms with van der Waals surface area (Å²) in [7, 11) is 0. The van der Waals surface area contributed by atoms with E-state index in [2.05, 4.69) is 11.2 Å². The van der Waals surface area contributed by atoms with Crippen LogP contribution in [0.25, 0.3) is 22.6 Å². The predicted molar refractivity (Wildman–Crippen MR) is 66.1 cm³/mol. The Kier molecular flexibility index (Phi) is 2.83. The van der Waals surface area contributed by atoms with E-state index in [0.29, 0.717) is 22.6 Å². The van der Waals surface area contributed by atoms with Crippen molar-refractivity contribution in [2.24, 2.45) is 0 Å². The minimum absolute atomic E-state index is 0.561. The fourth-order valence-electron chi connectivity index (χ4n) is 1.79. The molecule has 0 aliphatic heterocycles. The second kappa shape index (κ2) is 4.65. The zero-order valence-electron chi connectivity index (χ0n) is 9.73. The molecule has 0 atom stereocenters. The molecule has 2 nitrogen and oxygen atoms in total. The first-order valence-corrected chi connectivity index (χ1v) is 5.61. The Morgan fingerprint density at radius 3 is 2.63 bits per heavy atom. The lowest BCUT2D eigenvalue weighted by Gasteiger charge is -2.03. The van der Waals surface area contributed by atoms with Crippen molar-refractivity contribution >= 4 is 0 Å². The van der Waals surface area contributed by atoms with Crippen LogP contribution in [0.2, 0.25) is 0 Å². The molecule has 93 valence electrons. The van der Waals surface area contributed by atoms with E-state index < -0.39 is 11.6 Å². The van der Waals surface area contributed by atoms with Gasteiger partial charge in [0, 0.05) is 0 Å². The average molecular weight is 256 g/mol. The molecule has 0 saturated heterocycles. The normalized spacial score (nSPS) is 10.6. The Bertz CT molecular complexity index is 708. The molecule has 4 heteroatoms. The van der Waals surface area contributed by atoms with Crippen LogP contribution in [0.3, 0.4) is 0 Å². The van der Waals surface area contributed by atoms with Gasteiger partial charge in [-0.3, -0.25) is 0 Å². The first-order chi connectivity index (χ1) is 9.24. The van der Waals surface area contributed by atoms with Gasteiger partial charge in [-0.05, 0) is 47.5 Å². The van der Waals surface area contributed by atoms with Gasteiger partial charge >= 0.3 is 0 Å². The lowest BCUT2D eigenvalue weighted by atomic mass is 10.1. The summed E-state index contributed by atoms with van der Waals surface area (Å²) in [4.78, 5) is 4.06. The average Bonchev–Trinajstić information content (AvgIpc) is 2.96. The third kappa shape index (κ3) is 2.25. The molecule has 0 amide bonds. The summed E-state index contributed by atoms with van der Waals surface area (Å²) >= 11 is 0. The number of furan rings is 1. The first kappa shape index (κ1) is 11.6. The number of aromatic nitrogens is 1. The van der Waals surface area contributed by atoms with Crippen molar-refractivity contribution in [1.29, 1.82) is 0 Å². The molecule has 2 heterocycles. The Morgan fingerprint density at radius 1 is 1.00 bits per heavy atom. The van der Waals surface area contributed by atoms with Gasteiger partial charge < -0.3 is 4.42 Å². The molecule has 0 fully saturated rings. The van der Waals surface area contributed by atoms with Crippen LogP contribution in [0, 0.1) is 17.8 Å². The highest BCUT2D eigenvalue weighted by Crippen LogP contribution is 2.25. The second-order valence-electron chi connectivity index (χ2n) is 3.98. The van der Waals surface area contributed by atoms with E-state index in [-0.39, 0.29) is 0 Å². The number of rotatable bonds is 2. The molecule has 3 aromatic rings. The summed E-state index contributed by atoms with van der Waals surface area (Å²) in [5, 5.41) is 0. The van der Waals surface area contributed by atoms with Crippen LogP contribution in [0.15, 0.2) is 53.1 Å². The highest BCUT2D eigenvalue weighted by Gasteiger charge is 2.07. The second-order valence-corrected chi connectivity index (χ2v) is 3.98. The molecule has 19 heavy (non-hydrogen) atoms. The lowest BCUT2D eigenvalue weighted by Crippen LogP contribution is -1.87. The predicted octanol–water partition coefficient (Wildman–Crippen LogP) is 4.09. The molecular weight excluding hydrogens is 248 g/mol. The largest absolute Gasteiger partial charge is 0.463 e. The number of hydrogen-bond acceptors (Lipinski definition) is 2. The topological polar surface area (TPSA) is 26.0 Å². The molecule has 0 aliphatic carbocycles. The minimum Gasteiger partial charge on any atom is -0.463 e. The molecule has 3 rings (SSSR count). The van der Waals surface area contributed by atoms with E-state index in [0.717, 1.165) is 12.1 Å². The van der Waals surface area contributed by atoms with Crippen molar-refractivity contribution in [1.82, 2.24) is 4.98 Å². The summed E-state index contributed by atoms with van der Waals surface area (Å²) < 4.78 is 31.4. The number of halogens is 2. The van der Waals surface area contributed by atoms with Gasteiger partial charge in [0.2, 0.25) is 0 Å². The van der Waals surface area contributed by atoms with Gasteiger partial charge in [0.1, 0.15) is 5.69 Å². The van der Waals surface area contributed by atoms with Crippen LogP contribution in [0.4, 0.5) is 8.78 Å². The van der Waals surface area contributed by atoms with Gasteiger partial charge in [-0.25, -0.2) is 13.8 Å². The van der Waals surface area contributed by atoms with Gasteiger partial charge in [0.15, 0.2) is 17.4 Å². The van der Waals surface area contributed by atoms with E-state index in [1.54, 1.807) is 30.5 Å². The molecule has 0 bridgehead atoms. The molecular formula is C15H8F2NO. The van der Waals surface area contributed by atoms with E-state index in [1.165, 1.54) is 6.07 Å². The third-order valence-electron chi connectivity index (χ3n) is 2.72. The molecule has 0 saturated carbocycles. The van der Waals surface area contributed by atoms with Crippen LogP contribution in [0.1, 0.15) is 0 Å². The molecule has 1 radical (unpaired) electrons. The van der Waals surface area contributed by atoms with Crippen molar-refractivity contribution < 1.29 is 13.2 Å². The van der Waals surface area contributed by atoms with E-state index in [4.69, 9.17) is 4.42 Å². The van der Waals surface area contributed by atoms with Crippen molar-refractivity contribution in [3.63, 3.8) is 0 Å². The highest BCUT2D eigenvalue weighted by molar-refractivity contribution is 5.68. The monoisotopic (exact) mass is 256 g/mol. The maximum absolute atomic E-state index is 13.2. The number of nitrogens with zero attached hydrogens (tertiary/aromatic N) is 1. The Balaban J connectivity index is 2.06. The van der Waals surface area contributed by atoms with Crippen LogP contribution in [0.5, 0.6) is 0 Å². The van der Waals surface area contributed by atoms with Crippen molar-refractivity contribution in [2.45, 2.75) is 0 Å². The Hall–Kier alpha value is -2.49. The molecule has 0 N–H and O–H groups in total. The zero-order valence-corrected chi connectivity index (χ0v) is 9.73. The lowest BCUT2D eigenvalue weighted by molar-refractivity contribution is 0.509. The van der Waals surface area contributed by atoms with Crippen molar-refractivity contribution in [2.75, 3.05) is 0 Å². The number of benzene rings is 1. The molecule has 1 aromatic carbocycles. The fourth-order valence-corrected chi connectivity index (χ4v) is 1.79. The van der Waals surface area contributed by atoms with Crippen LogP contribution in [-0.4, -0.2) is 4.98 Å². The van der Waals surface area contributed by atoms with Gasteiger partial charge in [-0.15, -0.1) is 0 Å². The summed E-state index contributed by atoms with van der Waals surface area (Å²) in [6.45, 7) is 0. The zero-order chi connectivity index (χ0) is 13.2. The van der Waals surface area contributed by atoms with E-state index in [9.17, 15) is 8.78 Å². The number of pyridine rings is 1. The Morgan fingerprint density at radius 2 is 1.89 bits per heavy atom. The van der Waals surface area contributed by atoms with Crippen LogP contribution in [-0.2, 0) is 0 Å². The third-order valence-corrected chi connectivity index (χ3v) is 2.72. The Labute approximate surface area is 108 Å². The van der Waals surface area contributed by atoms with E-state index >= 15 is 0 Å². The smallest absolute Gasteiger partial charge is 0.159 e. The summed E-state index contributed by atoms with van der Waals surface area (Å²) in [5.74, 6) is -1.15. The van der Waals surface area contributed by atoms with Crippen LogP contribution < -0.4 is 0 Å². The van der Waals surface area contributed by atoms with Gasteiger partial charge in [0.05, 0.1) is 12.5 Å². The quantitative estimate of drug-likeness (QED) is 0.690. The maximum atomic E-state index is 13.2. The van der Waals surface area contributed by atoms with Gasteiger partial charge in [0.25, 0.3) is 0 Å². The maximum Gasteiger partial charge on any atom is 0.159 e. The molecule has 2 aromatic heterocycles. The summed E-state index contributed by atoms with van der Waals surface area (Å²) in [5.41, 5.74) is 1.85. The summed E-state index contributed by atoms with van der Waals surface area (Å²) in [6, 6.07) is 10.6. The minimum atomic E-state index is -0.881. The molecule has 0 aliphatic rings. The van der Waals surface area contributed by atoms with Crippen molar-refractivity contribution in [3.8, 4) is 22.6 Å². The highest BCUT2D eigenvalue weighted by atomic mass is 19.2. The standard InChI is InChI=1S/C15H8F2NO/c16-12-4-3-10(8-13(12)17)11-5-6-18-14(9-11)15-2-1-7-19-15/h1-5,7-9H. The molecule has 0 spiro atoms. The van der Waals surface area contributed by atoms with Gasteiger partial charge in [-0.2, -0.15) is 0 Å². The SMILES string of the molecule is Fc1ccc(-c2c[c]nc(-c3ccco3)c2)cc1F. The van der Waals surface area contributed by atoms with Gasteiger partial charge in [-0.1, -0.05) is 6.07 Å². The van der Waals surface area contributed by atoms with Crippen molar-refractivity contribution in [3.05, 3.63) is 66.6 Å². The summed E-state index contributed by atoms with van der Waals surface area (Å²) in [6.07, 6.45) is 4.27. The fraction of sp³-hybridized carbons (Fsp3) is 0. The van der Waals surface area contributed by atoms with Crippen LogP contribution >= 0.6 is 0 Å². The number of hydrogen-bond donors (Lipinski definition) is 0. The molecule has 0 unspecified atom stereocenters. The van der Waals surface area contributed by atoms with E-state index in [1.807, 2.05) is 0 Å².